The molecule has 0 N–H and O–H groups in total. The molecule has 3 heteroatoms. The third-order valence-corrected chi connectivity index (χ3v) is 13.2. The van der Waals surface area contributed by atoms with E-state index in [1.54, 1.807) is 0 Å². The van der Waals surface area contributed by atoms with Gasteiger partial charge in [0, 0.05) is 57.8 Å². The number of nitrogens with zero attached hydrogens (tertiary/aromatic N) is 2. The van der Waals surface area contributed by atoms with E-state index in [0.717, 1.165) is 60.9 Å². The molecule has 0 fully saturated rings. The van der Waals surface area contributed by atoms with Gasteiger partial charge < -0.3 is 4.42 Å². The summed E-state index contributed by atoms with van der Waals surface area (Å²) in [6.07, 6.45) is 7.53. The van der Waals surface area contributed by atoms with Gasteiger partial charge in [-0.2, -0.15) is 0 Å². The second-order valence-corrected chi connectivity index (χ2v) is 16.8. The van der Waals surface area contributed by atoms with Crippen molar-refractivity contribution in [1.29, 1.82) is 0 Å². The minimum Gasteiger partial charge on any atom is -0.455 e. The highest BCUT2D eigenvalue weighted by atomic mass is 16.3. The number of para-hydroxylation sites is 1. The average Bonchev–Trinajstić information content (AvgIpc) is 3.76. The first-order valence-corrected chi connectivity index (χ1v) is 22.1. The molecule has 0 atom stereocenters. The van der Waals surface area contributed by atoms with Gasteiger partial charge in [0.25, 0.3) is 0 Å². The van der Waals surface area contributed by atoms with Crippen molar-refractivity contribution in [3.05, 3.63) is 231 Å². The van der Waals surface area contributed by atoms with Crippen molar-refractivity contribution in [2.75, 3.05) is 0 Å². The Morgan fingerprint density at radius 3 is 1.20 bits per heavy atom. The SMILES string of the molecule is c1ccc(-c2c3ccccc3c(-c3cccc4c3oc3ccc(-c5c6ccccc6c(-c6cc(-c7cccnc7)cc(-c7cccnc7)c6)c6ccccc56)cc34)c3ccccc23)cc1. The first kappa shape index (κ1) is 36.9. The van der Waals surface area contributed by atoms with Crippen LogP contribution in [0.25, 0.3) is 132 Å². The summed E-state index contributed by atoms with van der Waals surface area (Å²) < 4.78 is 6.98. The molecular formula is C62H38N2O. The second-order valence-electron chi connectivity index (χ2n) is 16.8. The predicted octanol–water partition coefficient (Wildman–Crippen LogP) is 17.0. The van der Waals surface area contributed by atoms with Gasteiger partial charge in [0.1, 0.15) is 11.2 Å². The van der Waals surface area contributed by atoms with Gasteiger partial charge in [-0.05, 0) is 130 Å². The zero-order chi connectivity index (χ0) is 42.8. The lowest BCUT2D eigenvalue weighted by Gasteiger charge is -2.19. The zero-order valence-corrected chi connectivity index (χ0v) is 35.2. The molecule has 10 aromatic carbocycles. The Labute approximate surface area is 375 Å². The largest absolute Gasteiger partial charge is 0.455 e. The standard InChI is InChI=1S/C62H38N2O/c1-2-15-39(16-3-1)58-50-23-8-10-25-52(50)61(53-26-11-9-24-51(53)58)55-28-12-27-54-56-36-40(29-30-57(56)65-62(54)55)59-46-19-4-6-21-48(46)60(49-22-7-5-20-47(49)59)45-34-43(41-17-13-31-63-37-41)33-44(35-45)42-18-14-32-64-38-42/h1-38H. The smallest absolute Gasteiger partial charge is 0.143 e. The Bertz CT molecular complexity index is 3810. The molecule has 3 aromatic heterocycles. The van der Waals surface area contributed by atoms with Gasteiger partial charge in [0.15, 0.2) is 0 Å². The normalized spacial score (nSPS) is 11.7. The number of rotatable bonds is 6. The molecule has 65 heavy (non-hydrogen) atoms. The van der Waals surface area contributed by atoms with Crippen LogP contribution in [0.3, 0.4) is 0 Å². The second kappa shape index (κ2) is 15.0. The van der Waals surface area contributed by atoms with Crippen molar-refractivity contribution in [2.45, 2.75) is 0 Å². The van der Waals surface area contributed by atoms with Gasteiger partial charge in [0.2, 0.25) is 0 Å². The van der Waals surface area contributed by atoms with Gasteiger partial charge in [0.05, 0.1) is 0 Å². The van der Waals surface area contributed by atoms with Crippen LogP contribution in [0.4, 0.5) is 0 Å². The van der Waals surface area contributed by atoms with Crippen molar-refractivity contribution in [3.63, 3.8) is 0 Å². The van der Waals surface area contributed by atoms with E-state index in [1.165, 1.54) is 70.9 Å². The van der Waals surface area contributed by atoms with Crippen molar-refractivity contribution in [1.82, 2.24) is 9.97 Å². The molecule has 0 aliphatic carbocycles. The van der Waals surface area contributed by atoms with Crippen molar-refractivity contribution >= 4 is 65.0 Å². The highest BCUT2D eigenvalue weighted by Gasteiger charge is 2.22. The molecular weight excluding hydrogens is 789 g/mol. The van der Waals surface area contributed by atoms with Crippen LogP contribution in [0.1, 0.15) is 0 Å². The van der Waals surface area contributed by atoms with Crippen LogP contribution in [0.15, 0.2) is 235 Å². The fourth-order valence-corrected chi connectivity index (χ4v) is 10.4. The van der Waals surface area contributed by atoms with Gasteiger partial charge in [-0.3, -0.25) is 9.97 Å². The Kier molecular flexibility index (Phi) is 8.53. The minimum atomic E-state index is 0.867. The first-order chi connectivity index (χ1) is 32.3. The zero-order valence-electron chi connectivity index (χ0n) is 35.2. The predicted molar refractivity (Wildman–Crippen MR) is 272 cm³/mol. The van der Waals surface area contributed by atoms with E-state index in [4.69, 9.17) is 4.42 Å². The summed E-state index contributed by atoms with van der Waals surface area (Å²) in [6.45, 7) is 0. The van der Waals surface area contributed by atoms with Crippen LogP contribution in [0.5, 0.6) is 0 Å². The van der Waals surface area contributed by atoms with Crippen LogP contribution in [-0.2, 0) is 0 Å². The lowest BCUT2D eigenvalue weighted by atomic mass is 9.84. The number of benzene rings is 10. The van der Waals surface area contributed by atoms with Crippen LogP contribution >= 0.6 is 0 Å². The molecule has 0 spiro atoms. The minimum absolute atomic E-state index is 0.867. The highest BCUT2D eigenvalue weighted by molar-refractivity contribution is 6.25. The third-order valence-electron chi connectivity index (χ3n) is 13.2. The molecule has 13 rings (SSSR count). The Hall–Kier alpha value is -8.66. The number of pyridine rings is 2. The number of hydrogen-bond acceptors (Lipinski definition) is 3. The van der Waals surface area contributed by atoms with Crippen LogP contribution in [-0.4, -0.2) is 9.97 Å². The van der Waals surface area contributed by atoms with E-state index in [2.05, 4.69) is 204 Å². The summed E-state index contributed by atoms with van der Waals surface area (Å²) >= 11 is 0. The monoisotopic (exact) mass is 826 g/mol. The number of aromatic nitrogens is 2. The van der Waals surface area contributed by atoms with E-state index in [9.17, 15) is 0 Å². The number of fused-ring (bicyclic) bond motifs is 7. The fourth-order valence-electron chi connectivity index (χ4n) is 10.4. The summed E-state index contributed by atoms with van der Waals surface area (Å²) in [5.41, 5.74) is 15.5. The molecule has 0 unspecified atom stereocenters. The van der Waals surface area contributed by atoms with Crippen LogP contribution < -0.4 is 0 Å². The fraction of sp³-hybridized carbons (Fsp3) is 0. The molecule has 0 aliphatic heterocycles. The van der Waals surface area contributed by atoms with Gasteiger partial charge in [-0.25, -0.2) is 0 Å². The molecule has 0 aliphatic rings. The van der Waals surface area contributed by atoms with E-state index >= 15 is 0 Å². The number of furan rings is 1. The van der Waals surface area contributed by atoms with Crippen LogP contribution in [0.2, 0.25) is 0 Å². The lowest BCUT2D eigenvalue weighted by Crippen LogP contribution is -1.92. The molecule has 0 saturated heterocycles. The van der Waals surface area contributed by atoms with E-state index in [-0.39, 0.29) is 0 Å². The van der Waals surface area contributed by atoms with Crippen LogP contribution in [0, 0.1) is 0 Å². The third kappa shape index (κ3) is 5.97. The molecule has 3 nitrogen and oxygen atoms in total. The number of hydrogen-bond donors (Lipinski definition) is 0. The summed E-state index contributed by atoms with van der Waals surface area (Å²) in [6, 6.07) is 74.6. The maximum absolute atomic E-state index is 6.98. The van der Waals surface area contributed by atoms with Crippen molar-refractivity contribution in [2.24, 2.45) is 0 Å². The first-order valence-electron chi connectivity index (χ1n) is 22.1. The Morgan fingerprint density at radius 1 is 0.262 bits per heavy atom. The lowest BCUT2D eigenvalue weighted by molar-refractivity contribution is 0.670. The maximum atomic E-state index is 6.98. The van der Waals surface area contributed by atoms with Crippen molar-refractivity contribution in [3.8, 4) is 66.8 Å². The Balaban J connectivity index is 1.03. The molecule has 13 aromatic rings. The molecule has 0 bridgehead atoms. The molecule has 302 valence electrons. The van der Waals surface area contributed by atoms with Gasteiger partial charge in [-0.15, -0.1) is 0 Å². The van der Waals surface area contributed by atoms with Gasteiger partial charge >= 0.3 is 0 Å². The molecule has 0 amide bonds. The summed E-state index contributed by atoms with van der Waals surface area (Å²) in [5.74, 6) is 0. The molecule has 3 heterocycles. The quantitative estimate of drug-likeness (QED) is 0.157. The Morgan fingerprint density at radius 2 is 0.692 bits per heavy atom. The van der Waals surface area contributed by atoms with Crippen molar-refractivity contribution < 1.29 is 4.42 Å². The highest BCUT2D eigenvalue weighted by Crippen LogP contribution is 2.49. The molecule has 0 radical (unpaired) electrons. The van der Waals surface area contributed by atoms with Gasteiger partial charge in [-0.1, -0.05) is 164 Å². The summed E-state index contributed by atoms with van der Waals surface area (Å²) in [4.78, 5) is 8.97. The van der Waals surface area contributed by atoms with E-state index < -0.39 is 0 Å². The summed E-state index contributed by atoms with van der Waals surface area (Å²) in [7, 11) is 0. The maximum Gasteiger partial charge on any atom is 0.143 e. The van der Waals surface area contributed by atoms with E-state index in [1.807, 2.05) is 36.9 Å². The summed E-state index contributed by atoms with van der Waals surface area (Å²) in [5, 5.41) is 11.8. The topological polar surface area (TPSA) is 38.9 Å². The van der Waals surface area contributed by atoms with E-state index in [0.29, 0.717) is 0 Å². The average molecular weight is 827 g/mol. The molecule has 0 saturated carbocycles.